The maximum atomic E-state index is 11.6. The first-order chi connectivity index (χ1) is 10.0. The molecule has 0 saturated carbocycles. The van der Waals surface area contributed by atoms with Gasteiger partial charge in [0.05, 0.1) is 18.1 Å². The van der Waals surface area contributed by atoms with E-state index in [0.717, 1.165) is 16.7 Å². The van der Waals surface area contributed by atoms with Crippen LogP contribution in [-0.4, -0.2) is 18.2 Å². The molecule has 2 aromatic rings. The van der Waals surface area contributed by atoms with Gasteiger partial charge in [-0.2, -0.15) is 0 Å². The van der Waals surface area contributed by atoms with Crippen molar-refractivity contribution in [1.29, 1.82) is 0 Å². The minimum absolute atomic E-state index is 0.393. The van der Waals surface area contributed by atoms with Gasteiger partial charge in [0.15, 0.2) is 0 Å². The van der Waals surface area contributed by atoms with Gasteiger partial charge in [-0.15, -0.1) is 0 Å². The average molecular weight is 305 g/mol. The van der Waals surface area contributed by atoms with Gasteiger partial charge in [0.2, 0.25) is 0 Å². The van der Waals surface area contributed by atoms with Crippen molar-refractivity contribution < 1.29 is 14.6 Å². The van der Waals surface area contributed by atoms with Crippen molar-refractivity contribution >= 4 is 17.6 Å². The van der Waals surface area contributed by atoms with E-state index in [0.29, 0.717) is 17.2 Å². The summed E-state index contributed by atoms with van der Waals surface area (Å²) in [6, 6.07) is 12.9. The minimum Gasteiger partial charge on any atom is -0.495 e. The van der Waals surface area contributed by atoms with Gasteiger partial charge in [0.25, 0.3) is 0 Å². The number of carboxylic acid groups (broad SMARTS) is 1. The number of hydrogen-bond acceptors (Lipinski definition) is 2. The molecule has 0 aliphatic heterocycles. The summed E-state index contributed by atoms with van der Waals surface area (Å²) in [5.41, 5.74) is 2.68. The number of hydrogen-bond donors (Lipinski definition) is 1. The second kappa shape index (κ2) is 6.64. The monoisotopic (exact) mass is 304 g/mol. The SMILES string of the molecule is COc1ccc(CC(C(=O)O)c2ccccc2C)cc1Cl. The highest BCUT2D eigenvalue weighted by Gasteiger charge is 2.22. The molecule has 0 saturated heterocycles. The zero-order valence-electron chi connectivity index (χ0n) is 12.0. The van der Waals surface area contributed by atoms with Gasteiger partial charge in [-0.1, -0.05) is 41.9 Å². The Kier molecular flexibility index (Phi) is 4.86. The van der Waals surface area contributed by atoms with Gasteiger partial charge in [-0.05, 0) is 42.2 Å². The fourth-order valence-electron chi connectivity index (χ4n) is 2.38. The molecule has 0 aromatic heterocycles. The normalized spacial score (nSPS) is 12.0. The van der Waals surface area contributed by atoms with Crippen molar-refractivity contribution in [1.82, 2.24) is 0 Å². The molecule has 0 aliphatic carbocycles. The van der Waals surface area contributed by atoms with Crippen molar-refractivity contribution in [3.8, 4) is 5.75 Å². The number of methoxy groups -OCH3 is 1. The van der Waals surface area contributed by atoms with E-state index >= 15 is 0 Å². The third-order valence-corrected chi connectivity index (χ3v) is 3.81. The summed E-state index contributed by atoms with van der Waals surface area (Å²) in [5, 5.41) is 10.0. The van der Waals surface area contributed by atoms with E-state index in [1.807, 2.05) is 37.3 Å². The van der Waals surface area contributed by atoms with Crippen LogP contribution in [0.3, 0.4) is 0 Å². The van der Waals surface area contributed by atoms with Crippen LogP contribution in [0, 0.1) is 6.92 Å². The second-order valence-electron chi connectivity index (χ2n) is 4.92. The van der Waals surface area contributed by atoms with Gasteiger partial charge >= 0.3 is 5.97 Å². The number of aliphatic carboxylic acids is 1. The quantitative estimate of drug-likeness (QED) is 0.906. The van der Waals surface area contributed by atoms with Crippen LogP contribution in [0.15, 0.2) is 42.5 Å². The molecule has 1 unspecified atom stereocenters. The van der Waals surface area contributed by atoms with Crippen molar-refractivity contribution in [3.63, 3.8) is 0 Å². The Hall–Kier alpha value is -2.00. The molecular weight excluding hydrogens is 288 g/mol. The van der Waals surface area contributed by atoms with Crippen LogP contribution in [0.2, 0.25) is 5.02 Å². The van der Waals surface area contributed by atoms with Crippen LogP contribution >= 0.6 is 11.6 Å². The molecular formula is C17H17ClO3. The Labute approximate surface area is 129 Å². The molecule has 1 N–H and O–H groups in total. The molecule has 110 valence electrons. The third-order valence-electron chi connectivity index (χ3n) is 3.52. The van der Waals surface area contributed by atoms with E-state index < -0.39 is 11.9 Å². The van der Waals surface area contributed by atoms with Gasteiger partial charge < -0.3 is 9.84 Å². The number of rotatable bonds is 5. The summed E-state index contributed by atoms with van der Waals surface area (Å²) < 4.78 is 5.11. The molecule has 3 nitrogen and oxygen atoms in total. The highest BCUT2D eigenvalue weighted by molar-refractivity contribution is 6.32. The first-order valence-corrected chi connectivity index (χ1v) is 7.01. The van der Waals surface area contributed by atoms with Crippen molar-refractivity contribution in [2.45, 2.75) is 19.3 Å². The van der Waals surface area contributed by atoms with Crippen molar-refractivity contribution in [2.24, 2.45) is 0 Å². The molecule has 0 bridgehead atoms. The summed E-state index contributed by atoms with van der Waals surface area (Å²) in [6.45, 7) is 1.92. The molecule has 1 atom stereocenters. The fraction of sp³-hybridized carbons (Fsp3) is 0.235. The van der Waals surface area contributed by atoms with Crippen molar-refractivity contribution in [3.05, 3.63) is 64.2 Å². The lowest BCUT2D eigenvalue weighted by Gasteiger charge is -2.16. The molecule has 0 amide bonds. The number of carbonyl (C=O) groups is 1. The van der Waals surface area contributed by atoms with E-state index in [9.17, 15) is 9.90 Å². The number of ether oxygens (including phenoxy) is 1. The van der Waals surface area contributed by atoms with Crippen LogP contribution in [0.5, 0.6) is 5.75 Å². The number of halogens is 1. The second-order valence-corrected chi connectivity index (χ2v) is 5.33. The van der Waals surface area contributed by atoms with Crippen LogP contribution in [-0.2, 0) is 11.2 Å². The smallest absolute Gasteiger partial charge is 0.311 e. The molecule has 21 heavy (non-hydrogen) atoms. The summed E-state index contributed by atoms with van der Waals surface area (Å²) in [4.78, 5) is 11.6. The Bertz CT molecular complexity index is 652. The van der Waals surface area contributed by atoms with E-state index in [-0.39, 0.29) is 0 Å². The van der Waals surface area contributed by atoms with Crippen LogP contribution < -0.4 is 4.74 Å². The van der Waals surface area contributed by atoms with E-state index in [4.69, 9.17) is 16.3 Å². The molecule has 2 aromatic carbocycles. The summed E-state index contributed by atoms with van der Waals surface area (Å²) in [7, 11) is 1.55. The largest absolute Gasteiger partial charge is 0.495 e. The van der Waals surface area contributed by atoms with Crippen LogP contribution in [0.25, 0.3) is 0 Å². The lowest BCUT2D eigenvalue weighted by Crippen LogP contribution is -2.15. The third kappa shape index (κ3) is 3.56. The van der Waals surface area contributed by atoms with Gasteiger partial charge in [0, 0.05) is 0 Å². The molecule has 4 heteroatoms. The summed E-state index contributed by atoms with van der Waals surface area (Å²) in [5.74, 6) is -0.838. The predicted octanol–water partition coefficient (Wildman–Crippen LogP) is 4.07. The lowest BCUT2D eigenvalue weighted by molar-refractivity contribution is -0.138. The Balaban J connectivity index is 2.31. The number of aryl methyl sites for hydroxylation is 1. The number of benzene rings is 2. The van der Waals surface area contributed by atoms with Crippen LogP contribution in [0.4, 0.5) is 0 Å². The zero-order chi connectivity index (χ0) is 15.4. The fourth-order valence-corrected chi connectivity index (χ4v) is 2.66. The lowest BCUT2D eigenvalue weighted by atomic mass is 9.89. The summed E-state index contributed by atoms with van der Waals surface area (Å²) >= 11 is 6.10. The standard InChI is InChI=1S/C17H17ClO3/c1-11-5-3-4-6-13(11)14(17(19)20)9-12-7-8-16(21-2)15(18)10-12/h3-8,10,14H,9H2,1-2H3,(H,19,20). The van der Waals surface area contributed by atoms with Gasteiger partial charge in [-0.3, -0.25) is 4.79 Å². The average Bonchev–Trinajstić information content (AvgIpc) is 2.45. The maximum absolute atomic E-state index is 11.6. The Morgan fingerprint density at radius 3 is 2.57 bits per heavy atom. The summed E-state index contributed by atoms with van der Waals surface area (Å²) in [6.07, 6.45) is 0.393. The first kappa shape index (κ1) is 15.4. The Morgan fingerprint density at radius 2 is 2.00 bits per heavy atom. The van der Waals surface area contributed by atoms with Gasteiger partial charge in [0.1, 0.15) is 5.75 Å². The van der Waals surface area contributed by atoms with Crippen LogP contribution in [0.1, 0.15) is 22.6 Å². The zero-order valence-corrected chi connectivity index (χ0v) is 12.7. The molecule has 0 aliphatic rings. The van der Waals surface area contributed by atoms with Gasteiger partial charge in [-0.25, -0.2) is 0 Å². The predicted molar refractivity (Wildman–Crippen MR) is 83.3 cm³/mol. The molecule has 0 fully saturated rings. The minimum atomic E-state index is -0.837. The number of carboxylic acids is 1. The molecule has 0 heterocycles. The van der Waals surface area contributed by atoms with E-state index in [1.54, 1.807) is 19.2 Å². The maximum Gasteiger partial charge on any atom is 0.311 e. The Morgan fingerprint density at radius 1 is 1.29 bits per heavy atom. The van der Waals surface area contributed by atoms with Crippen molar-refractivity contribution in [2.75, 3.05) is 7.11 Å². The van der Waals surface area contributed by atoms with E-state index in [2.05, 4.69) is 0 Å². The molecule has 0 spiro atoms. The first-order valence-electron chi connectivity index (χ1n) is 6.63. The topological polar surface area (TPSA) is 46.5 Å². The highest BCUT2D eigenvalue weighted by atomic mass is 35.5. The highest BCUT2D eigenvalue weighted by Crippen LogP contribution is 2.29. The molecule has 2 rings (SSSR count). The molecule has 0 radical (unpaired) electrons. The van der Waals surface area contributed by atoms with E-state index in [1.165, 1.54) is 0 Å².